The van der Waals surface area contributed by atoms with Gasteiger partial charge in [-0.25, -0.2) is 0 Å². The third-order valence-electron chi connectivity index (χ3n) is 3.34. The van der Waals surface area contributed by atoms with E-state index in [9.17, 15) is 0 Å². The van der Waals surface area contributed by atoms with Crippen molar-refractivity contribution >= 4 is 0 Å². The van der Waals surface area contributed by atoms with Crippen molar-refractivity contribution in [2.24, 2.45) is 5.92 Å². The lowest BCUT2D eigenvalue weighted by Gasteiger charge is -2.20. The van der Waals surface area contributed by atoms with Crippen LogP contribution in [0, 0.1) is 5.92 Å². The second-order valence-corrected chi connectivity index (χ2v) is 4.34. The highest BCUT2D eigenvalue weighted by atomic mass is 16.5. The molecule has 2 heterocycles. The lowest BCUT2D eigenvalue weighted by molar-refractivity contribution is 0.0735. The van der Waals surface area contributed by atoms with Crippen LogP contribution in [0.2, 0.25) is 0 Å². The average molecular weight is 209 g/mol. The first-order chi connectivity index (χ1) is 7.40. The van der Waals surface area contributed by atoms with Crippen LogP contribution in [-0.2, 0) is 11.3 Å². The van der Waals surface area contributed by atoms with Gasteiger partial charge in [0.05, 0.1) is 12.1 Å². The SMILES string of the molecule is OCc1nncn1C1CCOC1C1CC1. The zero-order chi connectivity index (χ0) is 10.3. The van der Waals surface area contributed by atoms with Crippen LogP contribution >= 0.6 is 0 Å². The van der Waals surface area contributed by atoms with E-state index in [-0.39, 0.29) is 6.61 Å². The molecule has 1 aliphatic carbocycles. The van der Waals surface area contributed by atoms with Crippen molar-refractivity contribution < 1.29 is 9.84 Å². The third-order valence-corrected chi connectivity index (χ3v) is 3.34. The minimum Gasteiger partial charge on any atom is -0.388 e. The molecule has 0 amide bonds. The first kappa shape index (κ1) is 9.30. The molecule has 1 aliphatic heterocycles. The molecule has 5 nitrogen and oxygen atoms in total. The highest BCUT2D eigenvalue weighted by Gasteiger charge is 2.41. The third kappa shape index (κ3) is 1.55. The summed E-state index contributed by atoms with van der Waals surface area (Å²) in [7, 11) is 0. The average Bonchev–Trinajstić information content (AvgIpc) is 2.83. The van der Waals surface area contributed by atoms with Gasteiger partial charge in [0.1, 0.15) is 12.9 Å². The van der Waals surface area contributed by atoms with Gasteiger partial charge in [0.2, 0.25) is 0 Å². The molecule has 1 saturated heterocycles. The maximum atomic E-state index is 9.14. The number of ether oxygens (including phenoxy) is 1. The van der Waals surface area contributed by atoms with E-state index < -0.39 is 0 Å². The van der Waals surface area contributed by atoms with E-state index in [1.165, 1.54) is 12.8 Å². The Kier molecular flexibility index (Phi) is 2.21. The molecule has 0 bridgehead atoms. The van der Waals surface area contributed by atoms with Crippen molar-refractivity contribution in [3.05, 3.63) is 12.2 Å². The molecule has 2 aliphatic rings. The Morgan fingerprint density at radius 3 is 3.07 bits per heavy atom. The van der Waals surface area contributed by atoms with Gasteiger partial charge in [-0.15, -0.1) is 10.2 Å². The fourth-order valence-corrected chi connectivity index (χ4v) is 2.43. The lowest BCUT2D eigenvalue weighted by atomic mass is 10.1. The second-order valence-electron chi connectivity index (χ2n) is 4.34. The van der Waals surface area contributed by atoms with Gasteiger partial charge in [-0.3, -0.25) is 0 Å². The van der Waals surface area contributed by atoms with Crippen LogP contribution in [0.4, 0.5) is 0 Å². The monoisotopic (exact) mass is 209 g/mol. The molecular formula is C10H15N3O2. The molecule has 2 atom stereocenters. The van der Waals surface area contributed by atoms with Gasteiger partial charge in [-0.2, -0.15) is 0 Å². The van der Waals surface area contributed by atoms with E-state index in [4.69, 9.17) is 9.84 Å². The van der Waals surface area contributed by atoms with Gasteiger partial charge in [-0.1, -0.05) is 0 Å². The molecule has 15 heavy (non-hydrogen) atoms. The smallest absolute Gasteiger partial charge is 0.158 e. The molecule has 0 spiro atoms. The first-order valence-corrected chi connectivity index (χ1v) is 5.51. The quantitative estimate of drug-likeness (QED) is 0.788. The van der Waals surface area contributed by atoms with Crippen molar-refractivity contribution in [1.82, 2.24) is 14.8 Å². The number of hydrogen-bond acceptors (Lipinski definition) is 4. The maximum Gasteiger partial charge on any atom is 0.158 e. The normalized spacial score (nSPS) is 31.0. The number of aliphatic hydroxyl groups is 1. The van der Waals surface area contributed by atoms with Gasteiger partial charge >= 0.3 is 0 Å². The van der Waals surface area contributed by atoms with Crippen LogP contribution in [0.1, 0.15) is 31.1 Å². The molecule has 5 heteroatoms. The van der Waals surface area contributed by atoms with Crippen LogP contribution in [0.5, 0.6) is 0 Å². The van der Waals surface area contributed by atoms with Crippen molar-refractivity contribution in [2.45, 2.75) is 38.0 Å². The summed E-state index contributed by atoms with van der Waals surface area (Å²) in [6.45, 7) is 0.767. The fourth-order valence-electron chi connectivity index (χ4n) is 2.43. The van der Waals surface area contributed by atoms with Gasteiger partial charge in [0.15, 0.2) is 5.82 Å². The first-order valence-electron chi connectivity index (χ1n) is 5.51. The van der Waals surface area contributed by atoms with Crippen molar-refractivity contribution in [3.63, 3.8) is 0 Å². The number of aliphatic hydroxyl groups excluding tert-OH is 1. The van der Waals surface area contributed by atoms with Crippen LogP contribution < -0.4 is 0 Å². The highest BCUT2D eigenvalue weighted by molar-refractivity contribution is 4.97. The van der Waals surface area contributed by atoms with E-state index in [1.54, 1.807) is 6.33 Å². The summed E-state index contributed by atoms with van der Waals surface area (Å²) in [6.07, 6.45) is 5.58. The summed E-state index contributed by atoms with van der Waals surface area (Å²) in [6, 6.07) is 0.328. The molecular weight excluding hydrogens is 194 g/mol. The molecule has 0 aromatic carbocycles. The molecule has 2 unspecified atom stereocenters. The Bertz CT molecular complexity index is 348. The summed E-state index contributed by atoms with van der Waals surface area (Å²) in [5.74, 6) is 1.36. The lowest BCUT2D eigenvalue weighted by Crippen LogP contribution is -2.23. The van der Waals surface area contributed by atoms with E-state index >= 15 is 0 Å². The van der Waals surface area contributed by atoms with E-state index in [0.29, 0.717) is 23.9 Å². The molecule has 1 aromatic heterocycles. The van der Waals surface area contributed by atoms with Gasteiger partial charge < -0.3 is 14.4 Å². The Balaban J connectivity index is 1.85. The molecule has 1 N–H and O–H groups in total. The molecule has 1 aromatic rings. The number of nitrogens with zero attached hydrogens (tertiary/aromatic N) is 3. The summed E-state index contributed by atoms with van der Waals surface area (Å²) < 4.78 is 7.74. The molecule has 0 radical (unpaired) electrons. The van der Waals surface area contributed by atoms with E-state index in [1.807, 2.05) is 4.57 Å². The summed E-state index contributed by atoms with van der Waals surface area (Å²) in [5.41, 5.74) is 0. The summed E-state index contributed by atoms with van der Waals surface area (Å²) in [5, 5.41) is 16.9. The van der Waals surface area contributed by atoms with E-state index in [0.717, 1.165) is 13.0 Å². The van der Waals surface area contributed by atoms with Crippen molar-refractivity contribution in [1.29, 1.82) is 0 Å². The zero-order valence-electron chi connectivity index (χ0n) is 8.54. The van der Waals surface area contributed by atoms with Gasteiger partial charge in [-0.05, 0) is 25.2 Å². The highest BCUT2D eigenvalue weighted by Crippen LogP contribution is 2.43. The maximum absolute atomic E-state index is 9.14. The predicted octanol–water partition coefficient (Wildman–Crippen LogP) is 0.510. The van der Waals surface area contributed by atoms with Crippen LogP contribution in [0.3, 0.4) is 0 Å². The zero-order valence-corrected chi connectivity index (χ0v) is 8.54. The standard InChI is InChI=1S/C10H15N3O2/c14-5-9-12-11-6-13(9)8-3-4-15-10(8)7-1-2-7/h6-8,10,14H,1-5H2. The minimum absolute atomic E-state index is 0.0477. The molecule has 3 rings (SSSR count). The van der Waals surface area contributed by atoms with Crippen molar-refractivity contribution in [3.8, 4) is 0 Å². The molecule has 1 saturated carbocycles. The van der Waals surface area contributed by atoms with Crippen molar-refractivity contribution in [2.75, 3.05) is 6.61 Å². The predicted molar refractivity (Wildman–Crippen MR) is 52.1 cm³/mol. The Morgan fingerprint density at radius 2 is 2.33 bits per heavy atom. The topological polar surface area (TPSA) is 60.2 Å². The van der Waals surface area contributed by atoms with Crippen LogP contribution in [-0.4, -0.2) is 32.6 Å². The largest absolute Gasteiger partial charge is 0.388 e. The van der Waals surface area contributed by atoms with Crippen LogP contribution in [0.25, 0.3) is 0 Å². The van der Waals surface area contributed by atoms with E-state index in [2.05, 4.69) is 10.2 Å². The molecule has 82 valence electrons. The molecule has 2 fully saturated rings. The second kappa shape index (κ2) is 3.57. The Labute approximate surface area is 88.1 Å². The van der Waals surface area contributed by atoms with Gasteiger partial charge in [0.25, 0.3) is 0 Å². The number of rotatable bonds is 3. The van der Waals surface area contributed by atoms with Gasteiger partial charge in [0, 0.05) is 6.61 Å². The fraction of sp³-hybridized carbons (Fsp3) is 0.800. The van der Waals surface area contributed by atoms with Crippen LogP contribution in [0.15, 0.2) is 6.33 Å². The summed E-state index contributed by atoms with van der Waals surface area (Å²) >= 11 is 0. The Morgan fingerprint density at radius 1 is 1.47 bits per heavy atom. The minimum atomic E-state index is -0.0477. The Hall–Kier alpha value is -0.940. The summed E-state index contributed by atoms with van der Waals surface area (Å²) in [4.78, 5) is 0. The number of hydrogen-bond donors (Lipinski definition) is 1. The number of aromatic nitrogens is 3.